The highest BCUT2D eigenvalue weighted by Crippen LogP contribution is 2.37. The van der Waals surface area contributed by atoms with Crippen molar-refractivity contribution in [3.8, 4) is 0 Å². The third-order valence-corrected chi connectivity index (χ3v) is 5.22. The van der Waals surface area contributed by atoms with Crippen molar-refractivity contribution in [2.45, 2.75) is 109 Å². The summed E-state index contributed by atoms with van der Waals surface area (Å²) in [5.41, 5.74) is 0. The van der Waals surface area contributed by atoms with Gasteiger partial charge in [-0.15, -0.1) is 0 Å². The number of hydrogen-bond acceptors (Lipinski definition) is 5. The number of carbonyl (C=O) groups is 1. The molecule has 0 aromatic heterocycles. The molecule has 0 aliphatic carbocycles. The molecule has 0 spiro atoms. The minimum absolute atomic E-state index is 0.0292. The highest BCUT2D eigenvalue weighted by atomic mass is 19.3. The molecule has 1 aliphatic rings. The molecule has 4 atom stereocenters. The number of aliphatic carboxylic acids is 1. The number of ether oxygens (including phenoxy) is 4. The van der Waals surface area contributed by atoms with Crippen LogP contribution in [0, 0.1) is 0 Å². The average molecular weight is 439 g/mol. The van der Waals surface area contributed by atoms with Crippen molar-refractivity contribution < 1.29 is 37.6 Å². The third kappa shape index (κ3) is 9.98. The van der Waals surface area contributed by atoms with Crippen LogP contribution in [0.5, 0.6) is 0 Å². The molecule has 1 fully saturated rings. The Balaban J connectivity index is 2.93. The first-order valence-electron chi connectivity index (χ1n) is 11.4. The topological polar surface area (TPSA) is 74.2 Å². The molecule has 0 radical (unpaired) electrons. The first-order valence-corrected chi connectivity index (χ1v) is 11.4. The van der Waals surface area contributed by atoms with Crippen LogP contribution in [0.3, 0.4) is 0 Å². The Labute approximate surface area is 179 Å². The lowest BCUT2D eigenvalue weighted by molar-refractivity contribution is -0.259. The highest BCUT2D eigenvalue weighted by molar-refractivity contribution is 5.66. The Morgan fingerprint density at radius 2 is 1.63 bits per heavy atom. The van der Waals surface area contributed by atoms with Gasteiger partial charge < -0.3 is 24.1 Å². The molecule has 0 amide bonds. The van der Waals surface area contributed by atoms with E-state index in [2.05, 4.69) is 6.92 Å². The third-order valence-electron chi connectivity index (χ3n) is 5.22. The van der Waals surface area contributed by atoms with Crippen molar-refractivity contribution in [2.75, 3.05) is 26.4 Å². The number of hydrogen-bond donors (Lipinski definition) is 1. The maximum absolute atomic E-state index is 14.8. The Morgan fingerprint density at radius 3 is 2.23 bits per heavy atom. The van der Waals surface area contributed by atoms with Crippen molar-refractivity contribution in [3.05, 3.63) is 0 Å². The number of halogens is 2. The molecule has 0 aromatic carbocycles. The molecule has 0 unspecified atom stereocenters. The Kier molecular flexibility index (Phi) is 13.6. The van der Waals surface area contributed by atoms with Gasteiger partial charge in [-0.05, 0) is 19.3 Å². The minimum Gasteiger partial charge on any atom is -0.481 e. The highest BCUT2D eigenvalue weighted by Gasteiger charge is 2.50. The molecule has 178 valence electrons. The summed E-state index contributed by atoms with van der Waals surface area (Å²) in [5.74, 6) is -4.51. The second kappa shape index (κ2) is 15.1. The molecule has 0 saturated carbocycles. The summed E-state index contributed by atoms with van der Waals surface area (Å²) >= 11 is 0. The molecule has 8 heteroatoms. The van der Waals surface area contributed by atoms with Crippen LogP contribution < -0.4 is 0 Å². The van der Waals surface area contributed by atoms with E-state index in [1.165, 1.54) is 0 Å². The van der Waals surface area contributed by atoms with Gasteiger partial charge in [-0.1, -0.05) is 40.0 Å². The van der Waals surface area contributed by atoms with Crippen LogP contribution in [0.4, 0.5) is 8.78 Å². The summed E-state index contributed by atoms with van der Waals surface area (Å²) in [6, 6.07) is 0. The van der Waals surface area contributed by atoms with Gasteiger partial charge in [0.2, 0.25) is 0 Å². The van der Waals surface area contributed by atoms with Crippen molar-refractivity contribution in [1.82, 2.24) is 0 Å². The number of carboxylic acid groups (broad SMARTS) is 1. The van der Waals surface area contributed by atoms with Crippen molar-refractivity contribution >= 4 is 5.97 Å². The molecule has 0 aromatic rings. The van der Waals surface area contributed by atoms with E-state index in [4.69, 9.17) is 24.1 Å². The SMILES string of the molecule is CCCCOC[C@H]1O[C@H](C(F)(F)CCC(=O)O)C[C@@H](OCCCC)[C@H]1OCCCC. The van der Waals surface area contributed by atoms with Gasteiger partial charge in [0.05, 0.1) is 19.1 Å². The van der Waals surface area contributed by atoms with Gasteiger partial charge in [-0.25, -0.2) is 8.78 Å². The predicted octanol–water partition coefficient (Wildman–Crippen LogP) is 4.83. The summed E-state index contributed by atoms with van der Waals surface area (Å²) < 4.78 is 53.0. The molecule has 1 saturated heterocycles. The number of unbranched alkanes of at least 4 members (excludes halogenated alkanes) is 3. The number of rotatable bonds is 17. The average Bonchev–Trinajstić information content (AvgIpc) is 2.71. The van der Waals surface area contributed by atoms with E-state index < -0.39 is 49.1 Å². The van der Waals surface area contributed by atoms with Crippen molar-refractivity contribution in [2.24, 2.45) is 0 Å². The second-order valence-corrected chi connectivity index (χ2v) is 7.93. The summed E-state index contributed by atoms with van der Waals surface area (Å²) in [7, 11) is 0. The molecular weight excluding hydrogens is 398 g/mol. The van der Waals surface area contributed by atoms with E-state index in [-0.39, 0.29) is 13.0 Å². The van der Waals surface area contributed by atoms with Crippen molar-refractivity contribution in [1.29, 1.82) is 0 Å². The van der Waals surface area contributed by atoms with Crippen LogP contribution in [0.2, 0.25) is 0 Å². The molecule has 1 N–H and O–H groups in total. The van der Waals surface area contributed by atoms with Crippen LogP contribution >= 0.6 is 0 Å². The van der Waals surface area contributed by atoms with Gasteiger partial charge in [0.25, 0.3) is 5.92 Å². The van der Waals surface area contributed by atoms with Gasteiger partial charge in [0, 0.05) is 32.7 Å². The first-order chi connectivity index (χ1) is 14.4. The zero-order valence-corrected chi connectivity index (χ0v) is 18.7. The Morgan fingerprint density at radius 1 is 1.03 bits per heavy atom. The monoisotopic (exact) mass is 438 g/mol. The molecule has 6 nitrogen and oxygen atoms in total. The molecule has 30 heavy (non-hydrogen) atoms. The minimum atomic E-state index is -3.26. The molecule has 0 bridgehead atoms. The normalized spacial score (nSPS) is 24.8. The number of alkyl halides is 2. The van der Waals surface area contributed by atoms with E-state index in [1.807, 2.05) is 13.8 Å². The molecule has 1 rings (SSSR count). The maximum atomic E-state index is 14.8. The van der Waals surface area contributed by atoms with E-state index >= 15 is 0 Å². The van der Waals surface area contributed by atoms with E-state index in [9.17, 15) is 13.6 Å². The fraction of sp³-hybridized carbons (Fsp3) is 0.955. The summed E-state index contributed by atoms with van der Waals surface area (Å²) in [5, 5.41) is 8.81. The summed E-state index contributed by atoms with van der Waals surface area (Å²) in [6.45, 7) is 7.79. The van der Waals surface area contributed by atoms with E-state index in [0.717, 1.165) is 38.5 Å². The lowest BCUT2D eigenvalue weighted by Gasteiger charge is -2.43. The maximum Gasteiger partial charge on any atom is 0.303 e. The zero-order chi connectivity index (χ0) is 22.4. The van der Waals surface area contributed by atoms with Crippen LogP contribution in [0.15, 0.2) is 0 Å². The molecule has 1 heterocycles. The standard InChI is InChI=1S/C22H40F2O6/c1-4-7-12-27-16-18-21(29-14-9-6-3)17(28-13-8-5-2)15-19(30-18)22(23,24)11-10-20(25)26/h17-19,21H,4-16H2,1-3H3,(H,25,26)/t17-,18-,19+,21-/m1/s1. The van der Waals surface area contributed by atoms with Gasteiger partial charge in [0.15, 0.2) is 0 Å². The van der Waals surface area contributed by atoms with Gasteiger partial charge >= 0.3 is 5.97 Å². The largest absolute Gasteiger partial charge is 0.481 e. The van der Waals surface area contributed by atoms with Gasteiger partial charge in [-0.2, -0.15) is 0 Å². The first kappa shape index (κ1) is 27.2. The van der Waals surface area contributed by atoms with Crippen LogP contribution in [-0.4, -0.2) is 67.8 Å². The fourth-order valence-electron chi connectivity index (χ4n) is 3.34. The quantitative estimate of drug-likeness (QED) is 0.328. The fourth-order valence-corrected chi connectivity index (χ4v) is 3.34. The predicted molar refractivity (Wildman–Crippen MR) is 110 cm³/mol. The van der Waals surface area contributed by atoms with Gasteiger partial charge in [-0.3, -0.25) is 4.79 Å². The Bertz CT molecular complexity index is 463. The number of carboxylic acids is 1. The lowest BCUT2D eigenvalue weighted by Crippen LogP contribution is -2.56. The van der Waals surface area contributed by atoms with Gasteiger partial charge in [0.1, 0.15) is 18.3 Å². The van der Waals surface area contributed by atoms with E-state index in [1.54, 1.807) is 0 Å². The summed E-state index contributed by atoms with van der Waals surface area (Å²) in [6.07, 6.45) is 0.910. The molecular formula is C22H40F2O6. The lowest BCUT2D eigenvalue weighted by atomic mass is 9.92. The smallest absolute Gasteiger partial charge is 0.303 e. The van der Waals surface area contributed by atoms with Crippen LogP contribution in [-0.2, 0) is 23.7 Å². The van der Waals surface area contributed by atoms with E-state index in [0.29, 0.717) is 19.8 Å². The summed E-state index contributed by atoms with van der Waals surface area (Å²) in [4.78, 5) is 10.8. The Hall–Kier alpha value is -0.830. The van der Waals surface area contributed by atoms with Crippen LogP contribution in [0.25, 0.3) is 0 Å². The van der Waals surface area contributed by atoms with Crippen molar-refractivity contribution in [3.63, 3.8) is 0 Å². The zero-order valence-electron chi connectivity index (χ0n) is 18.7. The van der Waals surface area contributed by atoms with Crippen LogP contribution in [0.1, 0.15) is 78.6 Å². The second-order valence-electron chi connectivity index (χ2n) is 7.93. The molecule has 1 aliphatic heterocycles.